The van der Waals surface area contributed by atoms with Crippen LogP contribution in [0, 0.1) is 5.82 Å². The van der Waals surface area contributed by atoms with Crippen LogP contribution in [0.4, 0.5) is 10.2 Å². The highest BCUT2D eigenvalue weighted by atomic mass is 19.1. The Hall–Kier alpha value is -3.16. The monoisotopic (exact) mass is 355 g/mol. The molecule has 0 saturated carbocycles. The van der Waals surface area contributed by atoms with Gasteiger partial charge in [-0.3, -0.25) is 4.79 Å². The number of nitrogens with one attached hydrogen (secondary N) is 1. The first kappa shape index (κ1) is 16.3. The van der Waals surface area contributed by atoms with E-state index >= 15 is 0 Å². The van der Waals surface area contributed by atoms with E-state index in [1.807, 2.05) is 18.9 Å². The van der Waals surface area contributed by atoms with E-state index < -0.39 is 0 Å². The molecule has 0 unspecified atom stereocenters. The molecule has 0 spiro atoms. The van der Waals surface area contributed by atoms with Crippen molar-refractivity contribution in [3.05, 3.63) is 53.6 Å². The maximum atomic E-state index is 13.8. The van der Waals surface area contributed by atoms with Gasteiger partial charge in [-0.05, 0) is 31.2 Å². The number of ether oxygens (including phenoxy) is 1. The summed E-state index contributed by atoms with van der Waals surface area (Å²) in [7, 11) is 1.85. The van der Waals surface area contributed by atoms with E-state index in [0.717, 1.165) is 0 Å². The Balaban J connectivity index is 1.82. The second-order valence-electron chi connectivity index (χ2n) is 6.36. The van der Waals surface area contributed by atoms with Crippen LogP contribution in [0.5, 0.6) is 5.75 Å². The first-order chi connectivity index (χ1) is 12.5. The van der Waals surface area contributed by atoms with Gasteiger partial charge in [-0.15, -0.1) is 0 Å². The maximum absolute atomic E-state index is 13.8. The fourth-order valence-electron chi connectivity index (χ4n) is 2.95. The molecule has 0 radical (unpaired) electrons. The lowest BCUT2D eigenvalue weighted by molar-refractivity contribution is 0.0933. The molecule has 1 aromatic carbocycles. The third-order valence-corrected chi connectivity index (χ3v) is 4.30. The lowest BCUT2D eigenvalue weighted by Crippen LogP contribution is -2.33. The highest BCUT2D eigenvalue weighted by Gasteiger charge is 2.19. The molecule has 2 aromatic heterocycles. The number of fused-ring (bicyclic) bond motifs is 2. The van der Waals surface area contributed by atoms with E-state index in [1.165, 1.54) is 18.3 Å². The summed E-state index contributed by atoms with van der Waals surface area (Å²) >= 11 is 0. The molecule has 26 heavy (non-hydrogen) atoms. The van der Waals surface area contributed by atoms with Crippen molar-refractivity contribution in [3.63, 3.8) is 0 Å². The summed E-state index contributed by atoms with van der Waals surface area (Å²) in [5.74, 6) is 0.645. The van der Waals surface area contributed by atoms with Crippen LogP contribution in [0.15, 0.2) is 36.7 Å². The highest BCUT2D eigenvalue weighted by molar-refractivity contribution is 5.99. The second kappa shape index (κ2) is 6.29. The highest BCUT2D eigenvalue weighted by Crippen LogP contribution is 2.25. The van der Waals surface area contributed by atoms with Crippen molar-refractivity contribution in [2.45, 2.75) is 19.6 Å². The molecule has 8 heteroatoms. The number of nitrogens with zero attached hydrogens (tertiary/aromatic N) is 4. The van der Waals surface area contributed by atoms with Crippen LogP contribution in [-0.2, 0) is 6.54 Å². The number of hydrogen-bond donors (Lipinski definition) is 1. The fourth-order valence-corrected chi connectivity index (χ4v) is 2.95. The Bertz CT molecular complexity index is 987. The van der Waals surface area contributed by atoms with E-state index in [9.17, 15) is 9.18 Å². The lowest BCUT2D eigenvalue weighted by Gasteiger charge is -2.22. The van der Waals surface area contributed by atoms with Gasteiger partial charge in [0.2, 0.25) is 0 Å². The Morgan fingerprint density at radius 2 is 2.19 bits per heavy atom. The molecular formula is C18H18FN5O2. The number of amides is 1. The zero-order valence-electron chi connectivity index (χ0n) is 14.4. The topological polar surface area (TPSA) is 71.8 Å². The van der Waals surface area contributed by atoms with Gasteiger partial charge in [0, 0.05) is 25.4 Å². The van der Waals surface area contributed by atoms with E-state index in [-0.39, 0.29) is 17.8 Å². The normalized spacial score (nSPS) is 17.7. The molecule has 134 valence electrons. The van der Waals surface area contributed by atoms with Crippen LogP contribution in [0.2, 0.25) is 0 Å². The first-order valence-electron chi connectivity index (χ1n) is 8.30. The van der Waals surface area contributed by atoms with Crippen LogP contribution in [-0.4, -0.2) is 40.2 Å². The molecule has 7 nitrogen and oxygen atoms in total. The van der Waals surface area contributed by atoms with Crippen molar-refractivity contribution in [2.24, 2.45) is 0 Å². The van der Waals surface area contributed by atoms with Gasteiger partial charge in [0.1, 0.15) is 29.1 Å². The Kier molecular flexibility index (Phi) is 3.95. The molecule has 3 aromatic rings. The average molecular weight is 355 g/mol. The number of rotatable bonds is 0. The van der Waals surface area contributed by atoms with Gasteiger partial charge in [0.15, 0.2) is 5.65 Å². The molecular weight excluding hydrogens is 337 g/mol. The predicted octanol–water partition coefficient (Wildman–Crippen LogP) is 2.02. The molecule has 4 rings (SSSR count). The van der Waals surface area contributed by atoms with Crippen LogP contribution in [0.3, 0.4) is 0 Å². The van der Waals surface area contributed by atoms with Gasteiger partial charge >= 0.3 is 0 Å². The van der Waals surface area contributed by atoms with Gasteiger partial charge in [0.25, 0.3) is 5.91 Å². The predicted molar refractivity (Wildman–Crippen MR) is 93.9 cm³/mol. The Morgan fingerprint density at radius 3 is 3.04 bits per heavy atom. The number of benzene rings is 1. The Labute approximate surface area is 149 Å². The molecule has 1 aliphatic heterocycles. The van der Waals surface area contributed by atoms with Gasteiger partial charge in [-0.25, -0.2) is 13.9 Å². The van der Waals surface area contributed by atoms with Crippen molar-refractivity contribution >= 4 is 17.4 Å². The largest absolute Gasteiger partial charge is 0.489 e. The van der Waals surface area contributed by atoms with Crippen LogP contribution < -0.4 is 15.0 Å². The van der Waals surface area contributed by atoms with Crippen molar-refractivity contribution in [1.29, 1.82) is 0 Å². The summed E-state index contributed by atoms with van der Waals surface area (Å²) in [6.07, 6.45) is 2.96. The summed E-state index contributed by atoms with van der Waals surface area (Å²) in [6.45, 7) is 2.57. The van der Waals surface area contributed by atoms with Crippen molar-refractivity contribution in [3.8, 4) is 5.75 Å². The lowest BCUT2D eigenvalue weighted by atomic mass is 10.1. The van der Waals surface area contributed by atoms with Crippen molar-refractivity contribution in [2.75, 3.05) is 18.5 Å². The molecule has 1 amide bonds. The minimum Gasteiger partial charge on any atom is -0.489 e. The molecule has 0 aliphatic carbocycles. The molecule has 1 atom stereocenters. The van der Waals surface area contributed by atoms with E-state index in [2.05, 4.69) is 15.4 Å². The van der Waals surface area contributed by atoms with Crippen molar-refractivity contribution in [1.82, 2.24) is 19.9 Å². The van der Waals surface area contributed by atoms with E-state index in [1.54, 1.807) is 22.8 Å². The number of hydrogen-bond acceptors (Lipinski definition) is 5. The number of aromatic nitrogens is 3. The summed E-state index contributed by atoms with van der Waals surface area (Å²) in [4.78, 5) is 18.9. The Morgan fingerprint density at radius 1 is 1.35 bits per heavy atom. The molecule has 1 aliphatic rings. The summed E-state index contributed by atoms with van der Waals surface area (Å²) in [5, 5.41) is 7.00. The summed E-state index contributed by atoms with van der Waals surface area (Å²) in [5.41, 5.74) is 1.58. The van der Waals surface area contributed by atoms with Crippen LogP contribution >= 0.6 is 0 Å². The zero-order valence-corrected chi connectivity index (χ0v) is 14.4. The van der Waals surface area contributed by atoms with Gasteiger partial charge < -0.3 is 15.0 Å². The number of carbonyl (C=O) groups is 1. The van der Waals surface area contributed by atoms with E-state index in [4.69, 9.17) is 4.74 Å². The van der Waals surface area contributed by atoms with Gasteiger partial charge in [0.05, 0.1) is 12.7 Å². The van der Waals surface area contributed by atoms with Gasteiger partial charge in [-0.1, -0.05) is 0 Å². The molecule has 0 fully saturated rings. The number of anilines is 1. The van der Waals surface area contributed by atoms with Gasteiger partial charge in [-0.2, -0.15) is 5.10 Å². The zero-order chi connectivity index (χ0) is 18.3. The minimum atomic E-state index is -0.326. The first-order valence-corrected chi connectivity index (χ1v) is 8.30. The SMILES string of the molecule is C[C@@H]1CNC(=O)c2cnn3ccc(nc23)N(C)Cc2cc(F)ccc2O1. The standard InChI is InChI=1S/C18H18FN5O2/c1-11-8-20-18(25)14-9-21-24-6-5-16(22-17(14)24)23(2)10-12-7-13(19)3-4-15(12)26-11/h3-7,9,11H,8,10H2,1-2H3,(H,20,25)/t11-/m1/s1. The molecule has 2 bridgehead atoms. The quantitative estimate of drug-likeness (QED) is 0.668. The maximum Gasteiger partial charge on any atom is 0.256 e. The average Bonchev–Trinajstić information content (AvgIpc) is 3.04. The van der Waals surface area contributed by atoms with Crippen LogP contribution in [0.1, 0.15) is 22.8 Å². The fraction of sp³-hybridized carbons (Fsp3) is 0.278. The second-order valence-corrected chi connectivity index (χ2v) is 6.36. The third-order valence-electron chi connectivity index (χ3n) is 4.30. The molecule has 1 N–H and O–H groups in total. The summed E-state index contributed by atoms with van der Waals surface area (Å²) < 4.78 is 21.2. The third kappa shape index (κ3) is 2.94. The van der Waals surface area contributed by atoms with Crippen molar-refractivity contribution < 1.29 is 13.9 Å². The molecule has 0 saturated heterocycles. The smallest absolute Gasteiger partial charge is 0.256 e. The van der Waals surface area contributed by atoms with E-state index in [0.29, 0.717) is 41.4 Å². The summed E-state index contributed by atoms with van der Waals surface area (Å²) in [6, 6.07) is 6.23. The minimum absolute atomic E-state index is 0.263. The molecule has 3 heterocycles. The number of carbonyl (C=O) groups excluding carboxylic acids is 1. The number of halogens is 1. The van der Waals surface area contributed by atoms with Crippen LogP contribution in [0.25, 0.3) is 5.65 Å².